The van der Waals surface area contributed by atoms with Crippen LogP contribution in [0.5, 0.6) is 0 Å². The summed E-state index contributed by atoms with van der Waals surface area (Å²) in [6.07, 6.45) is 5.54. The monoisotopic (exact) mass is 277 g/mol. The molecule has 0 atom stereocenters. The lowest BCUT2D eigenvalue weighted by molar-refractivity contribution is 1.13. The van der Waals surface area contributed by atoms with Gasteiger partial charge >= 0.3 is 0 Å². The van der Waals surface area contributed by atoms with Gasteiger partial charge < -0.3 is 4.40 Å². The standard InChI is InChI=1S/C13H9Cl2N3/c1-8-7-18-5-4-16-12(13(18)17-8)10-3-2-9(14)6-11(10)15/h2-7H,1H3. The summed E-state index contributed by atoms with van der Waals surface area (Å²) in [5.41, 5.74) is 3.32. The highest BCUT2D eigenvalue weighted by Crippen LogP contribution is 2.31. The van der Waals surface area contributed by atoms with Crippen LogP contribution >= 0.6 is 23.2 Å². The van der Waals surface area contributed by atoms with Crippen LogP contribution in [0.4, 0.5) is 0 Å². The van der Waals surface area contributed by atoms with Gasteiger partial charge in [-0.2, -0.15) is 0 Å². The third kappa shape index (κ3) is 1.85. The molecule has 0 unspecified atom stereocenters. The summed E-state index contributed by atoms with van der Waals surface area (Å²) in [6.45, 7) is 1.94. The van der Waals surface area contributed by atoms with Gasteiger partial charge in [0.2, 0.25) is 0 Å². The van der Waals surface area contributed by atoms with Gasteiger partial charge in [-0.1, -0.05) is 23.2 Å². The van der Waals surface area contributed by atoms with Crippen molar-refractivity contribution in [2.45, 2.75) is 6.92 Å². The molecule has 0 fully saturated rings. The van der Waals surface area contributed by atoms with Crippen molar-refractivity contribution in [1.29, 1.82) is 0 Å². The van der Waals surface area contributed by atoms with E-state index in [-0.39, 0.29) is 0 Å². The summed E-state index contributed by atoms with van der Waals surface area (Å²) in [7, 11) is 0. The number of nitrogens with zero attached hydrogens (tertiary/aromatic N) is 3. The van der Waals surface area contributed by atoms with Crippen LogP contribution < -0.4 is 0 Å². The Morgan fingerprint density at radius 3 is 2.83 bits per heavy atom. The smallest absolute Gasteiger partial charge is 0.163 e. The lowest BCUT2D eigenvalue weighted by Crippen LogP contribution is -1.91. The number of aromatic nitrogens is 3. The van der Waals surface area contributed by atoms with Crippen molar-refractivity contribution in [1.82, 2.24) is 14.4 Å². The van der Waals surface area contributed by atoms with Crippen molar-refractivity contribution in [3.8, 4) is 11.3 Å². The summed E-state index contributed by atoms with van der Waals surface area (Å²) in [5, 5.41) is 1.18. The van der Waals surface area contributed by atoms with Crippen LogP contribution in [-0.2, 0) is 0 Å². The Balaban J connectivity index is 2.31. The van der Waals surface area contributed by atoms with Gasteiger partial charge in [0.05, 0.1) is 10.7 Å². The number of fused-ring (bicyclic) bond motifs is 1. The number of imidazole rings is 1. The first-order valence-corrected chi connectivity index (χ1v) is 6.16. The second-order valence-electron chi connectivity index (χ2n) is 4.01. The summed E-state index contributed by atoms with van der Waals surface area (Å²) >= 11 is 12.1. The van der Waals surface area contributed by atoms with Gasteiger partial charge in [-0.3, -0.25) is 4.98 Å². The maximum absolute atomic E-state index is 6.21. The molecule has 0 aliphatic heterocycles. The van der Waals surface area contributed by atoms with Crippen molar-refractivity contribution in [3.63, 3.8) is 0 Å². The van der Waals surface area contributed by atoms with Crippen molar-refractivity contribution < 1.29 is 0 Å². The van der Waals surface area contributed by atoms with E-state index in [2.05, 4.69) is 9.97 Å². The second-order valence-corrected chi connectivity index (χ2v) is 4.86. The van der Waals surface area contributed by atoms with Crippen LogP contribution in [0.1, 0.15) is 5.69 Å². The van der Waals surface area contributed by atoms with Gasteiger partial charge in [-0.15, -0.1) is 0 Å². The molecule has 0 amide bonds. The molecule has 18 heavy (non-hydrogen) atoms. The van der Waals surface area contributed by atoms with Crippen LogP contribution in [0.15, 0.2) is 36.8 Å². The molecule has 0 aliphatic carbocycles. The molecule has 0 saturated carbocycles. The van der Waals surface area contributed by atoms with Gasteiger partial charge in [-0.05, 0) is 25.1 Å². The van der Waals surface area contributed by atoms with E-state index in [1.165, 1.54) is 0 Å². The zero-order chi connectivity index (χ0) is 12.7. The molecule has 0 radical (unpaired) electrons. The molecule has 3 nitrogen and oxygen atoms in total. The molecule has 0 saturated heterocycles. The Labute approximate surface area is 114 Å². The van der Waals surface area contributed by atoms with Crippen LogP contribution in [0.2, 0.25) is 10.0 Å². The molecule has 0 bridgehead atoms. The highest BCUT2D eigenvalue weighted by Gasteiger charge is 2.11. The van der Waals surface area contributed by atoms with E-state index in [0.717, 1.165) is 22.6 Å². The fraction of sp³-hybridized carbons (Fsp3) is 0.0769. The fourth-order valence-corrected chi connectivity index (χ4v) is 2.41. The predicted molar refractivity (Wildman–Crippen MR) is 73.2 cm³/mol. The molecule has 0 aliphatic rings. The zero-order valence-corrected chi connectivity index (χ0v) is 11.1. The van der Waals surface area contributed by atoms with Gasteiger partial charge in [0, 0.05) is 29.2 Å². The molecule has 90 valence electrons. The number of aryl methyl sites for hydroxylation is 1. The maximum atomic E-state index is 6.21. The summed E-state index contributed by atoms with van der Waals surface area (Å²) in [5.74, 6) is 0. The first-order valence-electron chi connectivity index (χ1n) is 5.41. The molecule has 1 aromatic carbocycles. The largest absolute Gasteiger partial charge is 0.303 e. The van der Waals surface area contributed by atoms with Crippen molar-refractivity contribution in [2.24, 2.45) is 0 Å². The highest BCUT2D eigenvalue weighted by atomic mass is 35.5. The maximum Gasteiger partial charge on any atom is 0.163 e. The lowest BCUT2D eigenvalue weighted by Gasteiger charge is -2.05. The molecule has 0 spiro atoms. The molecule has 3 rings (SSSR count). The van der Waals surface area contributed by atoms with Crippen LogP contribution in [0.3, 0.4) is 0 Å². The van der Waals surface area contributed by atoms with Crippen molar-refractivity contribution in [3.05, 3.63) is 52.5 Å². The number of halogens is 2. The SMILES string of the molecule is Cc1cn2ccnc(-c3ccc(Cl)cc3Cl)c2n1. The Kier molecular flexibility index (Phi) is 2.73. The van der Waals surface area contributed by atoms with Crippen LogP contribution in [0.25, 0.3) is 16.9 Å². The third-order valence-electron chi connectivity index (χ3n) is 2.68. The number of benzene rings is 1. The highest BCUT2D eigenvalue weighted by molar-refractivity contribution is 6.36. The number of hydrogen-bond acceptors (Lipinski definition) is 2. The summed E-state index contributed by atoms with van der Waals surface area (Å²) in [6, 6.07) is 5.36. The van der Waals surface area contributed by atoms with Gasteiger partial charge in [-0.25, -0.2) is 4.98 Å². The van der Waals surface area contributed by atoms with E-state index in [4.69, 9.17) is 23.2 Å². The first kappa shape index (κ1) is 11.5. The summed E-state index contributed by atoms with van der Waals surface area (Å²) in [4.78, 5) is 8.83. The molecule has 0 N–H and O–H groups in total. The molecule has 2 heterocycles. The molecule has 2 aromatic heterocycles. The van der Waals surface area contributed by atoms with E-state index in [0.29, 0.717) is 10.0 Å². The molecular formula is C13H9Cl2N3. The Hall–Kier alpha value is -1.58. The minimum atomic E-state index is 0.573. The van der Waals surface area contributed by atoms with E-state index in [1.54, 1.807) is 18.3 Å². The molecule has 5 heteroatoms. The lowest BCUT2D eigenvalue weighted by atomic mass is 10.1. The Bertz CT molecular complexity index is 734. The average Bonchev–Trinajstić information content (AvgIpc) is 2.69. The third-order valence-corrected chi connectivity index (χ3v) is 3.23. The number of rotatable bonds is 1. The quantitative estimate of drug-likeness (QED) is 0.673. The van der Waals surface area contributed by atoms with E-state index in [1.807, 2.05) is 29.8 Å². The van der Waals surface area contributed by atoms with E-state index >= 15 is 0 Å². The molecular weight excluding hydrogens is 269 g/mol. The first-order chi connectivity index (χ1) is 8.65. The minimum absolute atomic E-state index is 0.573. The molecule has 3 aromatic rings. The average molecular weight is 278 g/mol. The van der Waals surface area contributed by atoms with Crippen molar-refractivity contribution >= 4 is 28.8 Å². The van der Waals surface area contributed by atoms with Crippen molar-refractivity contribution in [2.75, 3.05) is 0 Å². The zero-order valence-electron chi connectivity index (χ0n) is 9.56. The topological polar surface area (TPSA) is 30.2 Å². The van der Waals surface area contributed by atoms with Gasteiger partial charge in [0.1, 0.15) is 5.69 Å². The van der Waals surface area contributed by atoms with Gasteiger partial charge in [0.25, 0.3) is 0 Å². The van der Waals surface area contributed by atoms with Crippen LogP contribution in [-0.4, -0.2) is 14.4 Å². The Morgan fingerprint density at radius 2 is 2.06 bits per heavy atom. The summed E-state index contributed by atoms with van der Waals surface area (Å²) < 4.78 is 1.93. The Morgan fingerprint density at radius 1 is 1.22 bits per heavy atom. The van der Waals surface area contributed by atoms with E-state index in [9.17, 15) is 0 Å². The fourth-order valence-electron chi connectivity index (χ4n) is 1.91. The normalized spacial score (nSPS) is 11.1. The number of hydrogen-bond donors (Lipinski definition) is 0. The minimum Gasteiger partial charge on any atom is -0.303 e. The second kappa shape index (κ2) is 4.26. The van der Waals surface area contributed by atoms with Crippen LogP contribution in [0, 0.1) is 6.92 Å². The predicted octanol–water partition coefficient (Wildman–Crippen LogP) is 4.01. The van der Waals surface area contributed by atoms with E-state index < -0.39 is 0 Å². The van der Waals surface area contributed by atoms with Gasteiger partial charge in [0.15, 0.2) is 5.65 Å².